The number of aromatic hydroxyl groups is 1. The maximum absolute atomic E-state index is 15.3. The third kappa shape index (κ3) is 4.62. The number of allylic oxidation sites excluding steroid dienone is 2. The van der Waals surface area contributed by atoms with Gasteiger partial charge in [0.1, 0.15) is 0 Å². The van der Waals surface area contributed by atoms with Crippen LogP contribution in [-0.4, -0.2) is 40.7 Å². The molecule has 3 fully saturated rings. The molecule has 4 amide bonds. The van der Waals surface area contributed by atoms with E-state index in [1.54, 1.807) is 36.4 Å². The fourth-order valence-corrected chi connectivity index (χ4v) is 9.91. The predicted molar refractivity (Wildman–Crippen MR) is 186 cm³/mol. The van der Waals surface area contributed by atoms with Crippen LogP contribution in [0.5, 0.6) is 11.5 Å². The number of halogens is 2. The second-order valence-corrected chi connectivity index (χ2v) is 14.9. The van der Waals surface area contributed by atoms with Crippen molar-refractivity contribution in [2.45, 2.75) is 30.7 Å². The van der Waals surface area contributed by atoms with Crippen molar-refractivity contribution in [2.24, 2.45) is 23.7 Å². The summed E-state index contributed by atoms with van der Waals surface area (Å²) in [5.74, 6) is -5.01. The summed E-state index contributed by atoms with van der Waals surface area (Å²) < 4.78 is 5.52. The molecule has 8 rings (SSSR count). The van der Waals surface area contributed by atoms with Gasteiger partial charge in [-0.3, -0.25) is 24.1 Å². The molecule has 8 nitrogen and oxygen atoms in total. The number of anilines is 1. The number of ether oxygens (including phenoxy) is 1. The second-order valence-electron chi connectivity index (χ2n) is 13.0. The van der Waals surface area contributed by atoms with Crippen LogP contribution in [-0.2, 0) is 31.1 Å². The van der Waals surface area contributed by atoms with Crippen LogP contribution in [0.25, 0.3) is 0 Å². The van der Waals surface area contributed by atoms with Gasteiger partial charge in [0.25, 0.3) is 0 Å². The van der Waals surface area contributed by atoms with Crippen molar-refractivity contribution < 1.29 is 29.0 Å². The van der Waals surface area contributed by atoms with Gasteiger partial charge in [-0.25, -0.2) is 4.90 Å². The molecule has 2 aliphatic carbocycles. The highest BCUT2D eigenvalue weighted by Crippen LogP contribution is 2.65. The lowest BCUT2D eigenvalue weighted by Gasteiger charge is -2.50. The zero-order chi connectivity index (χ0) is 34.2. The lowest BCUT2D eigenvalue weighted by Crippen LogP contribution is -2.53. The molecular weight excluding hydrogens is 683 g/mol. The van der Waals surface area contributed by atoms with E-state index in [-0.39, 0.29) is 41.3 Å². The number of hydrogen-bond acceptors (Lipinski definition) is 7. The minimum Gasteiger partial charge on any atom is -0.503 e. The summed E-state index contributed by atoms with van der Waals surface area (Å²) >= 11 is 14.5. The maximum atomic E-state index is 15.3. The van der Waals surface area contributed by atoms with Crippen molar-refractivity contribution in [3.8, 4) is 11.5 Å². The van der Waals surface area contributed by atoms with Crippen LogP contribution in [0.2, 0.25) is 10.0 Å². The van der Waals surface area contributed by atoms with Gasteiger partial charge in [-0.2, -0.15) is 0 Å². The topological polar surface area (TPSA) is 104 Å². The summed E-state index contributed by atoms with van der Waals surface area (Å²) in [5, 5.41) is 13.0. The first-order valence-electron chi connectivity index (χ1n) is 16.0. The number of hydrogen-bond donors (Lipinski definition) is 1. The Morgan fingerprint density at radius 3 is 2.43 bits per heavy atom. The van der Waals surface area contributed by atoms with E-state index < -0.39 is 46.8 Å². The van der Waals surface area contributed by atoms with E-state index in [2.05, 4.69) is 0 Å². The standard InChI is InChI=1S/C38H30Cl2N2O6S/c1-48-30-16-20(15-29(40)33(30)43)32-25-12-13-26-31(36(46)41(34(26)44)19-24-11-6-14-49-24)27(25)18-28-35(45)42(23-10-5-9-22(39)17-23)37(47)38(28,32)21-7-3-2-4-8-21/h2-12,14-17,26-28,31-32,43H,13,18-19H2,1H3. The zero-order valence-corrected chi connectivity index (χ0v) is 28.5. The zero-order valence-electron chi connectivity index (χ0n) is 26.2. The van der Waals surface area contributed by atoms with Gasteiger partial charge in [0.15, 0.2) is 11.5 Å². The number of imide groups is 2. The summed E-state index contributed by atoms with van der Waals surface area (Å²) in [6.07, 6.45) is 2.47. The van der Waals surface area contributed by atoms with E-state index in [1.165, 1.54) is 28.2 Å². The molecule has 6 atom stereocenters. The monoisotopic (exact) mass is 712 g/mol. The number of benzene rings is 3. The van der Waals surface area contributed by atoms with E-state index >= 15 is 4.79 Å². The Balaban J connectivity index is 1.36. The Kier molecular flexibility index (Phi) is 7.70. The third-order valence-corrected chi connectivity index (χ3v) is 12.1. The fraction of sp³-hybridized carbons (Fsp3) is 0.263. The van der Waals surface area contributed by atoms with E-state index in [0.29, 0.717) is 28.3 Å². The van der Waals surface area contributed by atoms with E-state index in [0.717, 1.165) is 10.5 Å². The van der Waals surface area contributed by atoms with Crippen molar-refractivity contribution in [3.05, 3.63) is 122 Å². The number of phenols is 1. The molecule has 6 unspecified atom stereocenters. The van der Waals surface area contributed by atoms with Crippen LogP contribution in [0.15, 0.2) is 95.9 Å². The molecule has 0 bridgehead atoms. The minimum atomic E-state index is -1.47. The van der Waals surface area contributed by atoms with Gasteiger partial charge < -0.3 is 9.84 Å². The van der Waals surface area contributed by atoms with Crippen molar-refractivity contribution in [1.29, 1.82) is 0 Å². The van der Waals surface area contributed by atoms with Crippen LogP contribution < -0.4 is 9.64 Å². The molecule has 4 aromatic rings. The molecule has 2 aliphatic heterocycles. The van der Waals surface area contributed by atoms with Crippen LogP contribution in [0, 0.1) is 23.7 Å². The number of carbonyl (C=O) groups excluding carboxylic acids is 4. The van der Waals surface area contributed by atoms with Crippen LogP contribution in [0.3, 0.4) is 0 Å². The average Bonchev–Trinajstić information content (AvgIpc) is 3.77. The molecule has 248 valence electrons. The number of phenolic OH excluding ortho intramolecular Hbond substituents is 1. The Hall–Kier alpha value is -4.44. The van der Waals surface area contributed by atoms with E-state index in [1.807, 2.05) is 53.9 Å². The van der Waals surface area contributed by atoms with Gasteiger partial charge in [-0.05, 0) is 71.7 Å². The van der Waals surface area contributed by atoms with Crippen LogP contribution in [0.1, 0.15) is 34.8 Å². The first-order chi connectivity index (χ1) is 23.7. The molecule has 49 heavy (non-hydrogen) atoms. The molecule has 1 saturated carbocycles. The average molecular weight is 714 g/mol. The number of thiophene rings is 1. The molecular formula is C38H30Cl2N2O6S. The molecule has 11 heteroatoms. The minimum absolute atomic E-state index is 0.0169. The number of rotatable bonds is 6. The molecule has 2 saturated heterocycles. The van der Waals surface area contributed by atoms with Crippen molar-refractivity contribution in [2.75, 3.05) is 12.0 Å². The van der Waals surface area contributed by atoms with Crippen LogP contribution >= 0.6 is 34.5 Å². The first-order valence-corrected chi connectivity index (χ1v) is 17.6. The molecule has 3 heterocycles. The normalized spacial score (nSPS) is 27.6. The van der Waals surface area contributed by atoms with Gasteiger partial charge in [0, 0.05) is 15.8 Å². The summed E-state index contributed by atoms with van der Waals surface area (Å²) in [5.41, 5.74) is 0.841. The lowest BCUT2D eigenvalue weighted by atomic mass is 9.49. The number of fused-ring (bicyclic) bond motifs is 4. The van der Waals surface area contributed by atoms with Crippen molar-refractivity contribution in [3.63, 3.8) is 0 Å². The van der Waals surface area contributed by atoms with Gasteiger partial charge >= 0.3 is 0 Å². The quantitative estimate of drug-likeness (QED) is 0.169. The van der Waals surface area contributed by atoms with E-state index in [4.69, 9.17) is 27.9 Å². The molecule has 1 aromatic heterocycles. The Labute approximate surface area is 296 Å². The molecule has 3 aromatic carbocycles. The van der Waals surface area contributed by atoms with Crippen molar-refractivity contribution in [1.82, 2.24) is 4.90 Å². The van der Waals surface area contributed by atoms with E-state index in [9.17, 15) is 19.5 Å². The maximum Gasteiger partial charge on any atom is 0.246 e. The smallest absolute Gasteiger partial charge is 0.246 e. The number of carbonyl (C=O) groups is 4. The highest BCUT2D eigenvalue weighted by molar-refractivity contribution is 7.09. The molecule has 0 spiro atoms. The second kappa shape index (κ2) is 11.9. The largest absolute Gasteiger partial charge is 0.503 e. The van der Waals surface area contributed by atoms with Gasteiger partial charge in [-0.15, -0.1) is 11.3 Å². The van der Waals surface area contributed by atoms with Gasteiger partial charge in [-0.1, -0.05) is 77.3 Å². The molecule has 1 N–H and O–H groups in total. The summed E-state index contributed by atoms with van der Waals surface area (Å²) in [6.45, 7) is 0.190. The van der Waals surface area contributed by atoms with Gasteiger partial charge in [0.05, 0.1) is 47.5 Å². The van der Waals surface area contributed by atoms with Crippen LogP contribution in [0.4, 0.5) is 5.69 Å². The summed E-state index contributed by atoms with van der Waals surface area (Å²) in [7, 11) is 1.41. The number of nitrogens with zero attached hydrogens (tertiary/aromatic N) is 2. The molecule has 4 aliphatic rings. The highest BCUT2D eigenvalue weighted by atomic mass is 35.5. The Bertz CT molecular complexity index is 2070. The molecule has 0 radical (unpaired) electrons. The fourth-order valence-electron chi connectivity index (χ4n) is 8.81. The Morgan fingerprint density at radius 1 is 0.918 bits per heavy atom. The van der Waals surface area contributed by atoms with Crippen molar-refractivity contribution >= 4 is 63.9 Å². The predicted octanol–water partition coefficient (Wildman–Crippen LogP) is 7.13. The third-order valence-electron chi connectivity index (χ3n) is 10.8. The SMILES string of the molecule is COc1cc(C2C3=CCC4C(=O)N(Cc5cccs5)C(=O)C4C3CC3C(=O)N(c4cccc(Cl)c4)C(=O)C32c2ccccc2)cc(Cl)c1O. The summed E-state index contributed by atoms with van der Waals surface area (Å²) in [6, 6.07) is 22.9. The number of likely N-dealkylation sites (tertiary alicyclic amines) is 1. The van der Waals surface area contributed by atoms with Gasteiger partial charge in [0.2, 0.25) is 23.6 Å². The summed E-state index contributed by atoms with van der Waals surface area (Å²) in [4.78, 5) is 61.8. The number of methoxy groups -OCH3 is 1. The lowest BCUT2D eigenvalue weighted by molar-refractivity contribution is -0.141. The highest BCUT2D eigenvalue weighted by Gasteiger charge is 2.70. The Morgan fingerprint density at radius 2 is 1.71 bits per heavy atom. The first kappa shape index (κ1) is 31.8. The number of amides is 4.